The van der Waals surface area contributed by atoms with Crippen LogP contribution in [0.1, 0.15) is 31.9 Å². The Balaban J connectivity index is 1.54. The first kappa shape index (κ1) is 18.2. The van der Waals surface area contributed by atoms with Crippen LogP contribution < -0.4 is 4.90 Å². The number of hydrogen-bond acceptors (Lipinski definition) is 5. The van der Waals surface area contributed by atoms with Crippen molar-refractivity contribution in [2.75, 3.05) is 31.1 Å². The van der Waals surface area contributed by atoms with Gasteiger partial charge in [-0.15, -0.1) is 0 Å². The van der Waals surface area contributed by atoms with Gasteiger partial charge in [-0.2, -0.15) is 0 Å². The average molecular weight is 354 g/mol. The number of benzene rings is 1. The summed E-state index contributed by atoms with van der Waals surface area (Å²) in [5.74, 6) is 0.714. The molecule has 1 aromatic carbocycles. The lowest BCUT2D eigenvalue weighted by atomic mass is 10.1. The third-order valence-electron chi connectivity index (χ3n) is 4.16. The van der Waals surface area contributed by atoms with Crippen molar-refractivity contribution in [3.8, 4) is 0 Å². The molecule has 0 bridgehead atoms. The Kier molecular flexibility index (Phi) is 5.40. The molecule has 138 valence electrons. The minimum Gasteiger partial charge on any atom is -0.444 e. The highest BCUT2D eigenvalue weighted by molar-refractivity contribution is 5.68. The van der Waals surface area contributed by atoms with Crippen LogP contribution in [0.3, 0.4) is 0 Å². The van der Waals surface area contributed by atoms with Crippen molar-refractivity contribution in [1.29, 1.82) is 0 Å². The van der Waals surface area contributed by atoms with Gasteiger partial charge in [-0.1, -0.05) is 30.3 Å². The molecule has 6 heteroatoms. The molecular formula is C20H26N4O2. The van der Waals surface area contributed by atoms with Crippen molar-refractivity contribution in [3.63, 3.8) is 0 Å². The molecule has 0 N–H and O–H groups in total. The number of amides is 1. The van der Waals surface area contributed by atoms with Crippen LogP contribution in [-0.2, 0) is 11.2 Å². The van der Waals surface area contributed by atoms with Crippen LogP contribution in [0.15, 0.2) is 42.7 Å². The fourth-order valence-corrected chi connectivity index (χ4v) is 2.85. The van der Waals surface area contributed by atoms with Gasteiger partial charge < -0.3 is 14.5 Å². The molecule has 26 heavy (non-hydrogen) atoms. The van der Waals surface area contributed by atoms with Gasteiger partial charge in [-0.25, -0.2) is 14.8 Å². The zero-order valence-electron chi connectivity index (χ0n) is 15.7. The summed E-state index contributed by atoms with van der Waals surface area (Å²) in [6, 6.07) is 10.3. The predicted molar refractivity (Wildman–Crippen MR) is 101 cm³/mol. The van der Waals surface area contributed by atoms with E-state index in [0.717, 1.165) is 12.0 Å². The van der Waals surface area contributed by atoms with Crippen LogP contribution in [-0.4, -0.2) is 52.7 Å². The summed E-state index contributed by atoms with van der Waals surface area (Å²) in [7, 11) is 0. The van der Waals surface area contributed by atoms with E-state index in [0.29, 0.717) is 32.1 Å². The second-order valence-electron chi connectivity index (χ2n) is 7.51. The third-order valence-corrected chi connectivity index (χ3v) is 4.16. The maximum absolute atomic E-state index is 12.1. The Morgan fingerprint density at radius 2 is 1.62 bits per heavy atom. The molecule has 2 heterocycles. The Labute approximate surface area is 154 Å². The summed E-state index contributed by atoms with van der Waals surface area (Å²) in [4.78, 5) is 25.0. The van der Waals surface area contributed by atoms with Gasteiger partial charge in [0.15, 0.2) is 0 Å². The van der Waals surface area contributed by atoms with Crippen LogP contribution in [0.2, 0.25) is 0 Å². The first-order valence-corrected chi connectivity index (χ1v) is 8.98. The zero-order chi connectivity index (χ0) is 18.6. The lowest BCUT2D eigenvalue weighted by Gasteiger charge is -2.35. The molecule has 6 nitrogen and oxygen atoms in total. The molecule has 1 amide bonds. The number of ether oxygens (including phenoxy) is 1. The standard InChI is InChI=1S/C20H26N4O2/c1-20(2,3)26-19(25)24-11-9-23(10-12-24)18-21-14-17(15-22-18)13-16-7-5-4-6-8-16/h4-8,14-15H,9-13H2,1-3H3. The summed E-state index contributed by atoms with van der Waals surface area (Å²) < 4.78 is 5.43. The highest BCUT2D eigenvalue weighted by Gasteiger charge is 2.26. The van der Waals surface area contributed by atoms with Crippen molar-refractivity contribution in [2.24, 2.45) is 0 Å². The zero-order valence-corrected chi connectivity index (χ0v) is 15.7. The van der Waals surface area contributed by atoms with Crippen molar-refractivity contribution < 1.29 is 9.53 Å². The summed E-state index contributed by atoms with van der Waals surface area (Å²) in [6.07, 6.45) is 4.34. The topological polar surface area (TPSA) is 58.6 Å². The normalized spacial score (nSPS) is 15.0. The monoisotopic (exact) mass is 354 g/mol. The van der Waals surface area contributed by atoms with Crippen LogP contribution in [0.5, 0.6) is 0 Å². The van der Waals surface area contributed by atoms with E-state index in [1.807, 2.05) is 51.4 Å². The Morgan fingerprint density at radius 3 is 2.19 bits per heavy atom. The highest BCUT2D eigenvalue weighted by Crippen LogP contribution is 2.15. The van der Waals surface area contributed by atoms with E-state index in [1.54, 1.807) is 4.90 Å². The molecule has 0 aliphatic carbocycles. The van der Waals surface area contributed by atoms with E-state index in [-0.39, 0.29) is 6.09 Å². The van der Waals surface area contributed by atoms with Crippen molar-refractivity contribution in [3.05, 3.63) is 53.9 Å². The molecule has 0 atom stereocenters. The van der Waals surface area contributed by atoms with Gasteiger partial charge in [0.05, 0.1) is 0 Å². The van der Waals surface area contributed by atoms with Gasteiger partial charge in [0.1, 0.15) is 5.60 Å². The summed E-state index contributed by atoms with van der Waals surface area (Å²) in [5.41, 5.74) is 1.87. The second kappa shape index (κ2) is 7.72. The molecular weight excluding hydrogens is 328 g/mol. The molecule has 1 fully saturated rings. The largest absolute Gasteiger partial charge is 0.444 e. The summed E-state index contributed by atoms with van der Waals surface area (Å²) >= 11 is 0. The van der Waals surface area contributed by atoms with E-state index >= 15 is 0 Å². The minimum atomic E-state index is -0.466. The van der Waals surface area contributed by atoms with Crippen LogP contribution in [0.4, 0.5) is 10.7 Å². The van der Waals surface area contributed by atoms with Crippen molar-refractivity contribution in [1.82, 2.24) is 14.9 Å². The number of rotatable bonds is 3. The molecule has 3 rings (SSSR count). The third kappa shape index (κ3) is 4.94. The molecule has 0 unspecified atom stereocenters. The van der Waals surface area contributed by atoms with Gasteiger partial charge in [0.2, 0.25) is 5.95 Å². The molecule has 1 aromatic heterocycles. The quantitative estimate of drug-likeness (QED) is 0.848. The van der Waals surface area contributed by atoms with Gasteiger partial charge in [-0.05, 0) is 31.9 Å². The van der Waals surface area contributed by atoms with E-state index < -0.39 is 5.60 Å². The fraction of sp³-hybridized carbons (Fsp3) is 0.450. The average Bonchev–Trinajstić information content (AvgIpc) is 2.62. The Morgan fingerprint density at radius 1 is 1.00 bits per heavy atom. The molecule has 0 spiro atoms. The van der Waals surface area contributed by atoms with E-state index in [1.165, 1.54) is 5.56 Å². The number of piperazine rings is 1. The SMILES string of the molecule is CC(C)(C)OC(=O)N1CCN(c2ncc(Cc3ccccc3)cn2)CC1. The van der Waals surface area contributed by atoms with E-state index in [4.69, 9.17) is 4.74 Å². The first-order valence-electron chi connectivity index (χ1n) is 8.98. The highest BCUT2D eigenvalue weighted by atomic mass is 16.6. The fourth-order valence-electron chi connectivity index (χ4n) is 2.85. The number of carbonyl (C=O) groups is 1. The van der Waals surface area contributed by atoms with E-state index in [2.05, 4.69) is 27.0 Å². The number of anilines is 1. The minimum absolute atomic E-state index is 0.253. The molecule has 1 saturated heterocycles. The van der Waals surface area contributed by atoms with Crippen LogP contribution >= 0.6 is 0 Å². The van der Waals surface area contributed by atoms with Gasteiger partial charge in [0, 0.05) is 45.0 Å². The van der Waals surface area contributed by atoms with Gasteiger partial charge >= 0.3 is 6.09 Å². The number of carbonyl (C=O) groups excluding carboxylic acids is 1. The lowest BCUT2D eigenvalue weighted by molar-refractivity contribution is 0.0240. The predicted octanol–water partition coefficient (Wildman–Crippen LogP) is 3.12. The van der Waals surface area contributed by atoms with Gasteiger partial charge in [-0.3, -0.25) is 0 Å². The molecule has 0 saturated carbocycles. The lowest BCUT2D eigenvalue weighted by Crippen LogP contribution is -2.50. The Hall–Kier alpha value is -2.63. The molecule has 1 aliphatic rings. The van der Waals surface area contributed by atoms with E-state index in [9.17, 15) is 4.79 Å². The molecule has 0 radical (unpaired) electrons. The maximum atomic E-state index is 12.1. The van der Waals surface area contributed by atoms with Crippen LogP contribution in [0, 0.1) is 0 Å². The van der Waals surface area contributed by atoms with Crippen molar-refractivity contribution in [2.45, 2.75) is 32.8 Å². The van der Waals surface area contributed by atoms with Gasteiger partial charge in [0.25, 0.3) is 0 Å². The Bertz CT molecular complexity index is 718. The summed E-state index contributed by atoms with van der Waals surface area (Å²) in [5, 5.41) is 0. The number of aromatic nitrogens is 2. The number of nitrogens with zero attached hydrogens (tertiary/aromatic N) is 4. The summed E-state index contributed by atoms with van der Waals surface area (Å²) in [6.45, 7) is 8.28. The van der Waals surface area contributed by atoms with Crippen molar-refractivity contribution >= 4 is 12.0 Å². The first-order chi connectivity index (χ1) is 12.4. The maximum Gasteiger partial charge on any atom is 0.410 e. The van der Waals surface area contributed by atoms with Crippen LogP contribution in [0.25, 0.3) is 0 Å². The second-order valence-corrected chi connectivity index (χ2v) is 7.51. The number of hydrogen-bond donors (Lipinski definition) is 0. The molecule has 2 aromatic rings. The smallest absolute Gasteiger partial charge is 0.410 e. The molecule has 1 aliphatic heterocycles.